The van der Waals surface area contributed by atoms with Crippen molar-refractivity contribution in [1.29, 1.82) is 0 Å². The molecule has 0 radical (unpaired) electrons. The number of carbonyl (C=O) groups excluding carboxylic acids is 1. The zero-order valence-corrected chi connectivity index (χ0v) is 12.9. The Morgan fingerprint density at radius 2 is 2.18 bits per heavy atom. The third kappa shape index (κ3) is 5.04. The quantitative estimate of drug-likeness (QED) is 0.620. The minimum atomic E-state index is -0.109. The summed E-state index contributed by atoms with van der Waals surface area (Å²) in [6.45, 7) is 4.67. The number of hydrogen-bond acceptors (Lipinski definition) is 5. The number of rotatable bonds is 6. The molecule has 0 saturated carbocycles. The van der Waals surface area contributed by atoms with E-state index in [1.54, 1.807) is 18.2 Å². The van der Waals surface area contributed by atoms with Crippen LogP contribution in [0.2, 0.25) is 0 Å². The number of piperidine rings is 1. The molecule has 1 amide bonds. The Morgan fingerprint density at radius 3 is 2.91 bits per heavy atom. The highest BCUT2D eigenvalue weighted by atomic mass is 16.5. The normalized spacial score (nSPS) is 15.9. The standard InChI is InChI=1S/C16H23N3O3/c1-2-22-15-10-13(6-7-14(15)20)11-17-18-16(21)12-19-8-4-3-5-9-19/h6-7,10-11,20H,2-5,8-9,12H2,1H3,(H,18,21)/b17-11-. The highest BCUT2D eigenvalue weighted by Gasteiger charge is 2.13. The number of nitrogens with zero attached hydrogens (tertiary/aromatic N) is 2. The third-order valence-corrected chi connectivity index (χ3v) is 3.50. The second kappa shape index (κ2) is 8.38. The van der Waals surface area contributed by atoms with Crippen molar-refractivity contribution < 1.29 is 14.6 Å². The second-order valence-electron chi connectivity index (χ2n) is 5.29. The second-order valence-corrected chi connectivity index (χ2v) is 5.29. The molecule has 0 aliphatic carbocycles. The number of likely N-dealkylation sites (tertiary alicyclic amines) is 1. The Morgan fingerprint density at radius 1 is 1.41 bits per heavy atom. The fourth-order valence-corrected chi connectivity index (χ4v) is 2.42. The summed E-state index contributed by atoms with van der Waals surface area (Å²) in [5.74, 6) is 0.390. The average Bonchev–Trinajstić information content (AvgIpc) is 2.51. The van der Waals surface area contributed by atoms with E-state index in [1.165, 1.54) is 12.6 Å². The van der Waals surface area contributed by atoms with Crippen LogP contribution in [0.3, 0.4) is 0 Å². The first-order chi connectivity index (χ1) is 10.7. The molecular weight excluding hydrogens is 282 g/mol. The molecule has 2 N–H and O–H groups in total. The zero-order valence-electron chi connectivity index (χ0n) is 12.9. The van der Waals surface area contributed by atoms with Gasteiger partial charge in [-0.15, -0.1) is 0 Å². The van der Waals surface area contributed by atoms with Gasteiger partial charge in [0, 0.05) is 0 Å². The van der Waals surface area contributed by atoms with Gasteiger partial charge in [0.1, 0.15) is 0 Å². The Labute approximate surface area is 130 Å². The van der Waals surface area contributed by atoms with Crippen LogP contribution in [-0.2, 0) is 4.79 Å². The molecule has 0 atom stereocenters. The summed E-state index contributed by atoms with van der Waals surface area (Å²) < 4.78 is 5.30. The lowest BCUT2D eigenvalue weighted by molar-refractivity contribution is -0.122. The summed E-state index contributed by atoms with van der Waals surface area (Å²) in [5.41, 5.74) is 3.28. The molecule has 22 heavy (non-hydrogen) atoms. The Hall–Kier alpha value is -2.08. The maximum absolute atomic E-state index is 11.8. The molecular formula is C16H23N3O3. The molecule has 1 fully saturated rings. The monoisotopic (exact) mass is 305 g/mol. The van der Waals surface area contributed by atoms with Crippen LogP contribution in [0.4, 0.5) is 0 Å². The molecule has 0 unspecified atom stereocenters. The van der Waals surface area contributed by atoms with Gasteiger partial charge in [0.05, 0.1) is 19.4 Å². The maximum atomic E-state index is 11.8. The van der Waals surface area contributed by atoms with Crippen molar-refractivity contribution in [3.63, 3.8) is 0 Å². The molecule has 0 aromatic heterocycles. The first kappa shape index (κ1) is 16.3. The van der Waals surface area contributed by atoms with E-state index in [2.05, 4.69) is 15.4 Å². The van der Waals surface area contributed by atoms with Gasteiger partial charge in [0.2, 0.25) is 0 Å². The molecule has 6 heteroatoms. The van der Waals surface area contributed by atoms with E-state index in [1.807, 2.05) is 6.92 Å². The number of benzene rings is 1. The number of nitrogens with one attached hydrogen (secondary N) is 1. The van der Waals surface area contributed by atoms with Gasteiger partial charge in [0.25, 0.3) is 5.91 Å². The highest BCUT2D eigenvalue weighted by molar-refractivity contribution is 5.83. The van der Waals surface area contributed by atoms with E-state index in [9.17, 15) is 9.90 Å². The van der Waals surface area contributed by atoms with Crippen molar-refractivity contribution in [3.05, 3.63) is 23.8 Å². The van der Waals surface area contributed by atoms with Gasteiger partial charge < -0.3 is 9.84 Å². The molecule has 1 aliphatic heterocycles. The number of amides is 1. The van der Waals surface area contributed by atoms with Gasteiger partial charge in [-0.05, 0) is 56.6 Å². The Bertz CT molecular complexity index is 525. The number of phenols is 1. The molecule has 2 rings (SSSR count). The molecule has 1 aromatic rings. The van der Waals surface area contributed by atoms with Crippen LogP contribution in [0.25, 0.3) is 0 Å². The van der Waals surface area contributed by atoms with Crippen molar-refractivity contribution in [2.75, 3.05) is 26.2 Å². The summed E-state index contributed by atoms with van der Waals surface area (Å²) >= 11 is 0. The van der Waals surface area contributed by atoms with Gasteiger partial charge >= 0.3 is 0 Å². The summed E-state index contributed by atoms with van der Waals surface area (Å²) in [4.78, 5) is 13.9. The number of hydrogen-bond donors (Lipinski definition) is 2. The van der Waals surface area contributed by atoms with Crippen LogP contribution in [0.1, 0.15) is 31.7 Å². The first-order valence-corrected chi connectivity index (χ1v) is 7.69. The van der Waals surface area contributed by atoms with Gasteiger partial charge in [-0.2, -0.15) is 5.10 Å². The minimum absolute atomic E-state index is 0.0909. The lowest BCUT2D eigenvalue weighted by Crippen LogP contribution is -2.38. The molecule has 0 bridgehead atoms. The van der Waals surface area contributed by atoms with Crippen molar-refractivity contribution >= 4 is 12.1 Å². The molecule has 1 saturated heterocycles. The third-order valence-electron chi connectivity index (χ3n) is 3.50. The molecule has 1 aliphatic rings. The van der Waals surface area contributed by atoms with Crippen LogP contribution in [0, 0.1) is 0 Å². The topological polar surface area (TPSA) is 74.2 Å². The highest BCUT2D eigenvalue weighted by Crippen LogP contribution is 2.26. The molecule has 120 valence electrons. The van der Waals surface area contributed by atoms with Crippen molar-refractivity contribution in [2.24, 2.45) is 5.10 Å². The van der Waals surface area contributed by atoms with Crippen LogP contribution in [0.15, 0.2) is 23.3 Å². The average molecular weight is 305 g/mol. The fraction of sp³-hybridized carbons (Fsp3) is 0.500. The predicted octanol–water partition coefficient (Wildman–Crippen LogP) is 1.73. The smallest absolute Gasteiger partial charge is 0.254 e. The van der Waals surface area contributed by atoms with E-state index in [0.717, 1.165) is 31.5 Å². The summed E-state index contributed by atoms with van der Waals surface area (Å²) in [6, 6.07) is 4.93. The number of ether oxygens (including phenoxy) is 1. The fourth-order valence-electron chi connectivity index (χ4n) is 2.42. The van der Waals surface area contributed by atoms with E-state index in [0.29, 0.717) is 18.9 Å². The lowest BCUT2D eigenvalue weighted by Gasteiger charge is -2.25. The number of carbonyl (C=O) groups is 1. The SMILES string of the molecule is CCOc1cc(/C=N\NC(=O)CN2CCCCC2)ccc1O. The predicted molar refractivity (Wildman–Crippen MR) is 85.3 cm³/mol. The lowest BCUT2D eigenvalue weighted by atomic mass is 10.1. The van der Waals surface area contributed by atoms with Crippen molar-refractivity contribution in [1.82, 2.24) is 10.3 Å². The van der Waals surface area contributed by atoms with E-state index in [4.69, 9.17) is 4.74 Å². The van der Waals surface area contributed by atoms with E-state index >= 15 is 0 Å². The largest absolute Gasteiger partial charge is 0.504 e. The van der Waals surface area contributed by atoms with Gasteiger partial charge in [0.15, 0.2) is 11.5 Å². The summed E-state index contributed by atoms with van der Waals surface area (Å²) in [5, 5.41) is 13.6. The van der Waals surface area contributed by atoms with Gasteiger partial charge in [-0.25, -0.2) is 5.43 Å². The number of aromatic hydroxyl groups is 1. The molecule has 1 heterocycles. The molecule has 1 aromatic carbocycles. The van der Waals surface area contributed by atoms with Gasteiger partial charge in [-0.1, -0.05) is 6.42 Å². The van der Waals surface area contributed by atoms with Crippen LogP contribution < -0.4 is 10.2 Å². The van der Waals surface area contributed by atoms with Crippen LogP contribution in [-0.4, -0.2) is 48.4 Å². The maximum Gasteiger partial charge on any atom is 0.254 e. The van der Waals surface area contributed by atoms with Gasteiger partial charge in [-0.3, -0.25) is 9.69 Å². The summed E-state index contributed by atoms with van der Waals surface area (Å²) in [7, 11) is 0. The van der Waals surface area contributed by atoms with E-state index < -0.39 is 0 Å². The molecule has 6 nitrogen and oxygen atoms in total. The molecule has 0 spiro atoms. The Kier molecular flexibility index (Phi) is 6.21. The summed E-state index contributed by atoms with van der Waals surface area (Å²) in [6.07, 6.45) is 5.10. The minimum Gasteiger partial charge on any atom is -0.504 e. The van der Waals surface area contributed by atoms with Crippen LogP contribution >= 0.6 is 0 Å². The van der Waals surface area contributed by atoms with Crippen molar-refractivity contribution in [2.45, 2.75) is 26.2 Å². The number of phenolic OH excluding ortho intramolecular Hbond substituents is 1. The number of hydrazone groups is 1. The first-order valence-electron chi connectivity index (χ1n) is 7.69. The van der Waals surface area contributed by atoms with E-state index in [-0.39, 0.29) is 11.7 Å². The Balaban J connectivity index is 1.83. The van der Waals surface area contributed by atoms with Crippen molar-refractivity contribution in [3.8, 4) is 11.5 Å². The zero-order chi connectivity index (χ0) is 15.8. The van der Waals surface area contributed by atoms with Crippen LogP contribution in [0.5, 0.6) is 11.5 Å².